The maximum absolute atomic E-state index is 11.8. The van der Waals surface area contributed by atoms with Crippen LogP contribution in [0, 0.1) is 0 Å². The van der Waals surface area contributed by atoms with Crippen molar-refractivity contribution in [1.82, 2.24) is 10.3 Å². The van der Waals surface area contributed by atoms with Gasteiger partial charge in [-0.2, -0.15) is 0 Å². The number of hydrogen-bond donors (Lipinski definition) is 1. The highest BCUT2D eigenvalue weighted by atomic mass is 16.6. The van der Waals surface area contributed by atoms with Crippen molar-refractivity contribution in [1.29, 1.82) is 0 Å². The predicted molar refractivity (Wildman–Crippen MR) is 78.5 cm³/mol. The minimum Gasteiger partial charge on any atom is -0.391 e. The Kier molecular flexibility index (Phi) is 3.91. The molecule has 1 aliphatic heterocycles. The van der Waals surface area contributed by atoms with Crippen molar-refractivity contribution < 1.29 is 9.53 Å². The van der Waals surface area contributed by atoms with Crippen LogP contribution in [0.1, 0.15) is 11.3 Å². The summed E-state index contributed by atoms with van der Waals surface area (Å²) in [6.07, 6.45) is 2.30. The van der Waals surface area contributed by atoms with Crippen LogP contribution in [-0.4, -0.2) is 23.0 Å². The normalized spacial score (nSPS) is 19.3. The first kappa shape index (κ1) is 13.3. The number of carbonyl (C=O) groups excluding carboxylic acids is 1. The summed E-state index contributed by atoms with van der Waals surface area (Å²) >= 11 is 0. The number of benzene rings is 1. The number of nitrogens with one attached hydrogen (secondary N) is 1. The zero-order valence-corrected chi connectivity index (χ0v) is 11.4. The highest BCUT2D eigenvalue weighted by molar-refractivity contribution is 5.97. The van der Waals surface area contributed by atoms with Gasteiger partial charge in [-0.1, -0.05) is 36.4 Å². The molecule has 1 fully saturated rings. The van der Waals surface area contributed by atoms with Crippen LogP contribution in [0.25, 0.3) is 0 Å². The van der Waals surface area contributed by atoms with Gasteiger partial charge in [0.25, 0.3) is 6.02 Å². The third-order valence-electron chi connectivity index (χ3n) is 3.17. The summed E-state index contributed by atoms with van der Waals surface area (Å²) < 4.78 is 5.14. The first-order valence-corrected chi connectivity index (χ1v) is 6.78. The molecule has 0 saturated carbocycles. The Morgan fingerprint density at radius 1 is 1.14 bits per heavy atom. The summed E-state index contributed by atoms with van der Waals surface area (Å²) in [5.74, 6) is -0.293. The Bertz CT molecular complexity index is 641. The van der Waals surface area contributed by atoms with E-state index in [-0.39, 0.29) is 18.0 Å². The summed E-state index contributed by atoms with van der Waals surface area (Å²) in [5.41, 5.74) is 1.91. The maximum Gasteiger partial charge on any atom is 0.336 e. The second-order valence-electron chi connectivity index (χ2n) is 4.75. The van der Waals surface area contributed by atoms with Crippen molar-refractivity contribution >= 4 is 12.0 Å². The van der Waals surface area contributed by atoms with E-state index in [1.165, 1.54) is 0 Å². The molecule has 1 saturated heterocycles. The third kappa shape index (κ3) is 3.45. The Balaban J connectivity index is 1.62. The molecule has 5 nitrogen and oxygen atoms in total. The summed E-state index contributed by atoms with van der Waals surface area (Å²) in [6, 6.07) is 15.3. The lowest BCUT2D eigenvalue weighted by Gasteiger charge is -2.05. The van der Waals surface area contributed by atoms with Gasteiger partial charge >= 0.3 is 5.97 Å². The largest absolute Gasteiger partial charge is 0.391 e. The van der Waals surface area contributed by atoms with E-state index in [0.717, 1.165) is 11.3 Å². The van der Waals surface area contributed by atoms with E-state index in [1.807, 2.05) is 48.5 Å². The molecule has 0 bridgehead atoms. The average molecular weight is 281 g/mol. The van der Waals surface area contributed by atoms with Gasteiger partial charge in [0.2, 0.25) is 0 Å². The monoisotopic (exact) mass is 281 g/mol. The molecule has 1 N–H and O–H groups in total. The number of esters is 1. The van der Waals surface area contributed by atoms with E-state index in [0.29, 0.717) is 13.0 Å². The number of hydrogen-bond acceptors (Lipinski definition) is 4. The number of nitrogens with zero attached hydrogens (tertiary/aromatic N) is 2. The van der Waals surface area contributed by atoms with Gasteiger partial charge in [-0.3, -0.25) is 4.98 Å². The summed E-state index contributed by atoms with van der Waals surface area (Å²) in [4.78, 5) is 20.2. The molecule has 1 aliphatic rings. The zero-order chi connectivity index (χ0) is 14.5. The number of ether oxygens (including phenoxy) is 1. The molecule has 2 aromatic rings. The highest BCUT2D eigenvalue weighted by Crippen LogP contribution is 2.09. The standard InChI is InChI=1S/C16H15N3O2/c20-15-14(10-12-6-2-1-3-7-12)19-16(21-15)18-11-13-8-4-5-9-17-13/h1-9,14H,10-11H2,(H,18,19). The summed E-state index contributed by atoms with van der Waals surface area (Å²) in [5, 5.41) is 3.01. The molecule has 1 unspecified atom stereocenters. The second-order valence-corrected chi connectivity index (χ2v) is 4.75. The lowest BCUT2D eigenvalue weighted by molar-refractivity contribution is -0.134. The number of amidine groups is 1. The molecule has 1 atom stereocenters. The van der Waals surface area contributed by atoms with Crippen molar-refractivity contribution in [3.05, 3.63) is 66.0 Å². The van der Waals surface area contributed by atoms with Crippen molar-refractivity contribution in [2.45, 2.75) is 19.0 Å². The Morgan fingerprint density at radius 2 is 1.95 bits per heavy atom. The van der Waals surface area contributed by atoms with Gasteiger partial charge in [0.1, 0.15) is 6.04 Å². The lowest BCUT2D eigenvalue weighted by atomic mass is 10.1. The smallest absolute Gasteiger partial charge is 0.336 e. The number of pyridine rings is 1. The van der Waals surface area contributed by atoms with Crippen LogP contribution >= 0.6 is 0 Å². The SMILES string of the molecule is O=C1OC(=NCc2ccccn2)NC1Cc1ccccc1. The molecule has 0 amide bonds. The van der Waals surface area contributed by atoms with E-state index in [2.05, 4.69) is 15.3 Å². The van der Waals surface area contributed by atoms with Gasteiger partial charge in [-0.05, 0) is 17.7 Å². The summed E-state index contributed by atoms with van der Waals surface area (Å²) in [7, 11) is 0. The molecule has 3 rings (SSSR count). The molecule has 5 heteroatoms. The quantitative estimate of drug-likeness (QED) is 0.866. The average Bonchev–Trinajstić information content (AvgIpc) is 2.87. The summed E-state index contributed by atoms with van der Waals surface area (Å²) in [6.45, 7) is 0.383. The van der Waals surface area contributed by atoms with Crippen LogP contribution in [0.5, 0.6) is 0 Å². The topological polar surface area (TPSA) is 63.6 Å². The van der Waals surface area contributed by atoms with Crippen LogP contribution in [0.3, 0.4) is 0 Å². The van der Waals surface area contributed by atoms with Crippen LogP contribution < -0.4 is 5.32 Å². The molecular weight excluding hydrogens is 266 g/mol. The molecule has 0 aliphatic carbocycles. The van der Waals surface area contributed by atoms with Gasteiger partial charge in [0.05, 0.1) is 12.2 Å². The minimum absolute atomic E-state index is 0.270. The fourth-order valence-electron chi connectivity index (χ4n) is 2.11. The molecular formula is C16H15N3O2. The molecule has 1 aromatic carbocycles. The second kappa shape index (κ2) is 6.17. The molecule has 21 heavy (non-hydrogen) atoms. The highest BCUT2D eigenvalue weighted by Gasteiger charge is 2.30. The number of carbonyl (C=O) groups is 1. The maximum atomic E-state index is 11.8. The van der Waals surface area contributed by atoms with Crippen molar-refractivity contribution in [3.63, 3.8) is 0 Å². The third-order valence-corrected chi connectivity index (χ3v) is 3.17. The molecule has 2 heterocycles. The van der Waals surface area contributed by atoms with Crippen molar-refractivity contribution in [2.75, 3.05) is 0 Å². The number of cyclic esters (lactones) is 1. The lowest BCUT2D eigenvalue weighted by Crippen LogP contribution is -2.31. The Hall–Kier alpha value is -2.69. The van der Waals surface area contributed by atoms with Gasteiger partial charge in [0, 0.05) is 12.6 Å². The van der Waals surface area contributed by atoms with Gasteiger partial charge in [0.15, 0.2) is 0 Å². The number of rotatable bonds is 4. The van der Waals surface area contributed by atoms with E-state index in [1.54, 1.807) is 6.20 Å². The minimum atomic E-state index is -0.380. The Labute approximate surface area is 122 Å². The van der Waals surface area contributed by atoms with Gasteiger partial charge in [-0.15, -0.1) is 0 Å². The van der Waals surface area contributed by atoms with Gasteiger partial charge < -0.3 is 10.1 Å². The van der Waals surface area contributed by atoms with E-state index < -0.39 is 0 Å². The van der Waals surface area contributed by atoms with Crippen LogP contribution in [0.2, 0.25) is 0 Å². The van der Waals surface area contributed by atoms with Crippen LogP contribution in [0.4, 0.5) is 0 Å². The van der Waals surface area contributed by atoms with E-state index in [4.69, 9.17) is 4.74 Å². The Morgan fingerprint density at radius 3 is 2.71 bits per heavy atom. The first-order valence-electron chi connectivity index (χ1n) is 6.78. The van der Waals surface area contributed by atoms with Crippen molar-refractivity contribution in [3.8, 4) is 0 Å². The van der Waals surface area contributed by atoms with Crippen LogP contribution in [0.15, 0.2) is 59.7 Å². The van der Waals surface area contributed by atoms with Crippen molar-refractivity contribution in [2.24, 2.45) is 4.99 Å². The molecule has 0 radical (unpaired) electrons. The number of aromatic nitrogens is 1. The fourth-order valence-corrected chi connectivity index (χ4v) is 2.11. The zero-order valence-electron chi connectivity index (χ0n) is 11.4. The van der Waals surface area contributed by atoms with E-state index in [9.17, 15) is 4.79 Å². The number of aliphatic imine (C=N–C) groups is 1. The molecule has 106 valence electrons. The molecule has 1 aromatic heterocycles. The fraction of sp³-hybridized carbons (Fsp3) is 0.188. The molecule has 0 spiro atoms. The first-order chi connectivity index (χ1) is 10.3. The van der Waals surface area contributed by atoms with Gasteiger partial charge in [-0.25, -0.2) is 9.79 Å². The predicted octanol–water partition coefficient (Wildman–Crippen LogP) is 1.70. The van der Waals surface area contributed by atoms with Crippen LogP contribution in [-0.2, 0) is 22.5 Å². The van der Waals surface area contributed by atoms with E-state index >= 15 is 0 Å².